The fourth-order valence-electron chi connectivity index (χ4n) is 3.20. The van der Waals surface area contributed by atoms with E-state index in [1.54, 1.807) is 0 Å². The highest BCUT2D eigenvalue weighted by molar-refractivity contribution is 5.78. The van der Waals surface area contributed by atoms with E-state index in [1.807, 2.05) is 6.07 Å². The molecule has 4 heteroatoms. The van der Waals surface area contributed by atoms with Crippen molar-refractivity contribution in [2.45, 2.75) is 45.1 Å². The van der Waals surface area contributed by atoms with Crippen molar-refractivity contribution in [2.75, 3.05) is 24.5 Å². The van der Waals surface area contributed by atoms with E-state index in [-0.39, 0.29) is 17.9 Å². The van der Waals surface area contributed by atoms with Crippen LogP contribution in [0.15, 0.2) is 30.3 Å². The monoisotopic (exact) mass is 303 g/mol. The van der Waals surface area contributed by atoms with Gasteiger partial charge in [-0.25, -0.2) is 0 Å². The van der Waals surface area contributed by atoms with Crippen LogP contribution in [-0.2, 0) is 4.79 Å². The van der Waals surface area contributed by atoms with Gasteiger partial charge in [-0.3, -0.25) is 4.79 Å². The number of hydrogen-bond acceptors (Lipinski definition) is 3. The normalized spacial score (nSPS) is 21.4. The number of carbonyl (C=O) groups excluding carboxylic acids is 1. The van der Waals surface area contributed by atoms with E-state index in [0.717, 1.165) is 51.7 Å². The minimum atomic E-state index is 0.125. The molecule has 2 unspecified atom stereocenters. The van der Waals surface area contributed by atoms with Gasteiger partial charge in [0.2, 0.25) is 5.91 Å². The van der Waals surface area contributed by atoms with Crippen LogP contribution in [0.5, 0.6) is 0 Å². The highest BCUT2D eigenvalue weighted by atomic mass is 16.1. The van der Waals surface area contributed by atoms with Crippen LogP contribution in [0.2, 0.25) is 0 Å². The molecule has 0 spiro atoms. The molecule has 3 N–H and O–H groups in total. The predicted molar refractivity (Wildman–Crippen MR) is 91.9 cm³/mol. The summed E-state index contributed by atoms with van der Waals surface area (Å²) in [6.45, 7) is 4.85. The third kappa shape index (κ3) is 5.02. The fourth-order valence-corrected chi connectivity index (χ4v) is 3.20. The zero-order valence-corrected chi connectivity index (χ0v) is 13.6. The van der Waals surface area contributed by atoms with E-state index in [1.165, 1.54) is 5.69 Å². The minimum absolute atomic E-state index is 0.125. The lowest BCUT2D eigenvalue weighted by Crippen LogP contribution is -2.38. The van der Waals surface area contributed by atoms with Gasteiger partial charge >= 0.3 is 0 Å². The van der Waals surface area contributed by atoms with Crippen molar-refractivity contribution >= 4 is 11.6 Å². The maximum atomic E-state index is 12.1. The third-order valence-electron chi connectivity index (χ3n) is 4.49. The Morgan fingerprint density at radius 3 is 2.77 bits per heavy atom. The molecule has 0 aromatic heterocycles. The predicted octanol–water partition coefficient (Wildman–Crippen LogP) is 2.54. The van der Waals surface area contributed by atoms with Gasteiger partial charge in [0.25, 0.3) is 0 Å². The first-order chi connectivity index (χ1) is 10.7. The van der Waals surface area contributed by atoms with Gasteiger partial charge in [0.1, 0.15) is 0 Å². The number of benzene rings is 1. The topological polar surface area (TPSA) is 58.4 Å². The summed E-state index contributed by atoms with van der Waals surface area (Å²) in [6.07, 6.45) is 4.94. The van der Waals surface area contributed by atoms with Crippen molar-refractivity contribution in [3.8, 4) is 0 Å². The zero-order chi connectivity index (χ0) is 15.8. The molecule has 0 heterocycles. The standard InChI is InChI=1S/C18H29N3O/c1-2-21(17-10-4-3-5-11-17)13-7-12-20-18(22)15-8-6-9-16(19)14-15/h3-5,10-11,15-16H,2,6-9,12-14,19H2,1H3,(H,20,22). The van der Waals surface area contributed by atoms with Gasteiger partial charge in [-0.2, -0.15) is 0 Å². The van der Waals surface area contributed by atoms with Crippen molar-refractivity contribution in [3.63, 3.8) is 0 Å². The molecule has 1 aromatic rings. The van der Waals surface area contributed by atoms with Crippen molar-refractivity contribution < 1.29 is 4.79 Å². The molecule has 1 aromatic carbocycles. The lowest BCUT2D eigenvalue weighted by atomic mass is 9.85. The number of amides is 1. The number of anilines is 1. The summed E-state index contributed by atoms with van der Waals surface area (Å²) in [5, 5.41) is 3.08. The summed E-state index contributed by atoms with van der Waals surface area (Å²) in [5.41, 5.74) is 7.20. The molecule has 1 amide bonds. The molecule has 4 nitrogen and oxygen atoms in total. The van der Waals surface area contributed by atoms with Crippen LogP contribution in [0.4, 0.5) is 5.69 Å². The number of nitrogens with two attached hydrogens (primary N) is 1. The smallest absolute Gasteiger partial charge is 0.223 e. The fraction of sp³-hybridized carbons (Fsp3) is 0.611. The molecule has 122 valence electrons. The molecular formula is C18H29N3O. The van der Waals surface area contributed by atoms with Gasteiger partial charge in [-0.15, -0.1) is 0 Å². The average molecular weight is 303 g/mol. The summed E-state index contributed by atoms with van der Waals surface area (Å²) in [5.74, 6) is 0.318. The summed E-state index contributed by atoms with van der Waals surface area (Å²) >= 11 is 0. The van der Waals surface area contributed by atoms with Crippen LogP contribution in [0.1, 0.15) is 39.0 Å². The van der Waals surface area contributed by atoms with E-state index >= 15 is 0 Å². The van der Waals surface area contributed by atoms with Gasteiger partial charge in [0.15, 0.2) is 0 Å². The number of nitrogens with one attached hydrogen (secondary N) is 1. The Balaban J connectivity index is 1.68. The molecule has 0 saturated heterocycles. The Labute approximate surface area is 134 Å². The Morgan fingerprint density at radius 1 is 1.32 bits per heavy atom. The van der Waals surface area contributed by atoms with E-state index < -0.39 is 0 Å². The average Bonchev–Trinajstić information content (AvgIpc) is 2.55. The largest absolute Gasteiger partial charge is 0.372 e. The van der Waals surface area contributed by atoms with Crippen LogP contribution in [0.25, 0.3) is 0 Å². The van der Waals surface area contributed by atoms with E-state index in [2.05, 4.69) is 41.4 Å². The zero-order valence-electron chi connectivity index (χ0n) is 13.6. The van der Waals surface area contributed by atoms with Crippen molar-refractivity contribution in [1.29, 1.82) is 0 Å². The molecule has 22 heavy (non-hydrogen) atoms. The number of carbonyl (C=O) groups is 1. The van der Waals surface area contributed by atoms with Crippen LogP contribution in [0.3, 0.4) is 0 Å². The molecule has 2 atom stereocenters. The maximum Gasteiger partial charge on any atom is 0.223 e. The molecule has 1 saturated carbocycles. The van der Waals surface area contributed by atoms with Gasteiger partial charge in [-0.1, -0.05) is 24.6 Å². The number of hydrogen-bond donors (Lipinski definition) is 2. The van der Waals surface area contributed by atoms with E-state index in [4.69, 9.17) is 5.73 Å². The second-order valence-electron chi connectivity index (χ2n) is 6.18. The van der Waals surface area contributed by atoms with Gasteiger partial charge in [0, 0.05) is 37.3 Å². The molecule has 2 rings (SSSR count). The Bertz CT molecular complexity index is 449. The number of para-hydroxylation sites is 1. The Morgan fingerprint density at radius 2 is 2.09 bits per heavy atom. The first-order valence-electron chi connectivity index (χ1n) is 8.54. The molecule has 1 aliphatic carbocycles. The first-order valence-corrected chi connectivity index (χ1v) is 8.54. The number of nitrogens with zero attached hydrogens (tertiary/aromatic N) is 1. The molecular weight excluding hydrogens is 274 g/mol. The lowest BCUT2D eigenvalue weighted by molar-refractivity contribution is -0.126. The van der Waals surface area contributed by atoms with E-state index in [9.17, 15) is 4.79 Å². The van der Waals surface area contributed by atoms with Crippen LogP contribution in [-0.4, -0.2) is 31.6 Å². The van der Waals surface area contributed by atoms with Crippen LogP contribution < -0.4 is 16.0 Å². The van der Waals surface area contributed by atoms with Gasteiger partial charge in [0.05, 0.1) is 0 Å². The van der Waals surface area contributed by atoms with Crippen molar-refractivity contribution in [2.24, 2.45) is 11.7 Å². The van der Waals surface area contributed by atoms with Crippen LogP contribution in [0, 0.1) is 5.92 Å². The first kappa shape index (κ1) is 16.8. The maximum absolute atomic E-state index is 12.1. The quantitative estimate of drug-likeness (QED) is 0.761. The Kier molecular flexibility index (Phi) is 6.72. The third-order valence-corrected chi connectivity index (χ3v) is 4.49. The highest BCUT2D eigenvalue weighted by Crippen LogP contribution is 2.23. The van der Waals surface area contributed by atoms with Gasteiger partial charge < -0.3 is 16.0 Å². The second kappa shape index (κ2) is 8.79. The molecule has 1 aliphatic rings. The molecule has 0 aliphatic heterocycles. The van der Waals surface area contributed by atoms with Crippen LogP contribution >= 0.6 is 0 Å². The summed E-state index contributed by atoms with van der Waals surface area (Å²) < 4.78 is 0. The highest BCUT2D eigenvalue weighted by Gasteiger charge is 2.24. The lowest BCUT2D eigenvalue weighted by Gasteiger charge is -2.26. The van der Waals surface area contributed by atoms with Crippen molar-refractivity contribution in [1.82, 2.24) is 5.32 Å². The van der Waals surface area contributed by atoms with Crippen molar-refractivity contribution in [3.05, 3.63) is 30.3 Å². The summed E-state index contributed by atoms with van der Waals surface area (Å²) in [7, 11) is 0. The second-order valence-corrected chi connectivity index (χ2v) is 6.18. The molecule has 1 fully saturated rings. The molecule has 0 radical (unpaired) electrons. The number of rotatable bonds is 7. The van der Waals surface area contributed by atoms with E-state index in [0.29, 0.717) is 0 Å². The van der Waals surface area contributed by atoms with Gasteiger partial charge in [-0.05, 0) is 44.7 Å². The minimum Gasteiger partial charge on any atom is -0.372 e. The summed E-state index contributed by atoms with van der Waals surface area (Å²) in [4.78, 5) is 14.5. The SMILES string of the molecule is CCN(CCCNC(=O)C1CCCC(N)C1)c1ccccc1. The summed E-state index contributed by atoms with van der Waals surface area (Å²) in [6, 6.07) is 10.6. The Hall–Kier alpha value is -1.55. The molecule has 0 bridgehead atoms.